The third-order valence-corrected chi connectivity index (χ3v) is 4.77. The molecule has 156 valence electrons. The van der Waals surface area contributed by atoms with Gasteiger partial charge in [-0.1, -0.05) is 30.3 Å². The molecule has 29 heavy (non-hydrogen) atoms. The van der Waals surface area contributed by atoms with Gasteiger partial charge in [-0.3, -0.25) is 4.79 Å². The summed E-state index contributed by atoms with van der Waals surface area (Å²) in [6.45, 7) is 0.663. The number of nitrogens with one attached hydrogen (secondary N) is 1. The fourth-order valence-electron chi connectivity index (χ4n) is 3.33. The van der Waals surface area contributed by atoms with Crippen molar-refractivity contribution < 1.29 is 39.1 Å². The minimum Gasteiger partial charge on any atom is -0.465 e. The van der Waals surface area contributed by atoms with Crippen molar-refractivity contribution in [1.82, 2.24) is 5.32 Å². The summed E-state index contributed by atoms with van der Waals surface area (Å²) in [6, 6.07) is 9.27. The van der Waals surface area contributed by atoms with Gasteiger partial charge in [-0.2, -0.15) is 0 Å². The van der Waals surface area contributed by atoms with Gasteiger partial charge < -0.3 is 34.8 Å². The van der Waals surface area contributed by atoms with Crippen molar-refractivity contribution in [2.24, 2.45) is 0 Å². The molecule has 2 aromatic carbocycles. The predicted molar refractivity (Wildman–Crippen MR) is 101 cm³/mol. The van der Waals surface area contributed by atoms with Gasteiger partial charge in [0.05, 0.1) is 13.7 Å². The molecular weight excluding hydrogens is 382 g/mol. The van der Waals surface area contributed by atoms with Crippen LogP contribution < -0.4 is 10.1 Å². The summed E-state index contributed by atoms with van der Waals surface area (Å²) in [5, 5.41) is 33.9. The Bertz CT molecular complexity index is 901. The van der Waals surface area contributed by atoms with Gasteiger partial charge >= 0.3 is 5.97 Å². The summed E-state index contributed by atoms with van der Waals surface area (Å²) in [5.74, 6) is -0.987. The quantitative estimate of drug-likeness (QED) is 0.509. The molecule has 4 N–H and O–H groups in total. The first kappa shape index (κ1) is 21.0. The lowest BCUT2D eigenvalue weighted by atomic mass is 9.96. The molecule has 0 aliphatic carbocycles. The highest BCUT2D eigenvalue weighted by molar-refractivity contribution is 6.01. The van der Waals surface area contributed by atoms with Crippen LogP contribution in [0.25, 0.3) is 10.8 Å². The first-order valence-corrected chi connectivity index (χ1v) is 9.03. The Morgan fingerprint density at radius 2 is 1.86 bits per heavy atom. The topological polar surface area (TPSA) is 135 Å². The molecule has 9 nitrogen and oxygen atoms in total. The van der Waals surface area contributed by atoms with Crippen molar-refractivity contribution in [3.05, 3.63) is 42.0 Å². The Morgan fingerprint density at radius 1 is 1.14 bits per heavy atom. The highest BCUT2D eigenvalue weighted by Gasteiger charge is 2.46. The first-order chi connectivity index (χ1) is 13.9. The third kappa shape index (κ3) is 4.18. The zero-order chi connectivity index (χ0) is 21.1. The largest absolute Gasteiger partial charge is 0.465 e. The van der Waals surface area contributed by atoms with Crippen LogP contribution in [0.5, 0.6) is 5.75 Å². The number of methoxy groups -OCH3 is 1. The number of hydrogen-bond donors (Lipinski definition) is 4. The maximum Gasteiger partial charge on any atom is 0.341 e. The van der Waals surface area contributed by atoms with Crippen molar-refractivity contribution in [2.75, 3.05) is 13.7 Å². The van der Waals surface area contributed by atoms with E-state index in [4.69, 9.17) is 14.2 Å². The number of aliphatic hydroxyl groups is 3. The van der Waals surface area contributed by atoms with Crippen LogP contribution in [0.3, 0.4) is 0 Å². The standard InChI is InChI=1S/C20H23NO8/c1-10(23)21-15-17(25)16(24)14(9-22)28-20(15)29-18-12-6-4-3-5-11(12)7-8-13(18)19(26)27-2/h3-8,14-17,20,22,24-25H,9H2,1-2H3,(H,21,23)/t14-,15+,16+,17-,20+/m0/s1. The summed E-state index contributed by atoms with van der Waals surface area (Å²) in [6.07, 6.45) is -5.34. The number of carbonyl (C=O) groups excluding carboxylic acids is 2. The number of fused-ring (bicyclic) bond motifs is 1. The van der Waals surface area contributed by atoms with Crippen LogP contribution in [-0.4, -0.2) is 71.6 Å². The van der Waals surface area contributed by atoms with Gasteiger partial charge in [0.25, 0.3) is 0 Å². The van der Waals surface area contributed by atoms with E-state index < -0.39 is 49.1 Å². The van der Waals surface area contributed by atoms with Crippen LogP contribution >= 0.6 is 0 Å². The molecule has 1 fully saturated rings. The molecule has 1 amide bonds. The van der Waals surface area contributed by atoms with E-state index in [-0.39, 0.29) is 11.3 Å². The average molecular weight is 405 g/mol. The molecule has 0 aromatic heterocycles. The molecule has 1 heterocycles. The highest BCUT2D eigenvalue weighted by Crippen LogP contribution is 2.33. The lowest BCUT2D eigenvalue weighted by molar-refractivity contribution is -0.244. The molecule has 0 radical (unpaired) electrons. The van der Waals surface area contributed by atoms with Gasteiger partial charge in [0.1, 0.15) is 35.7 Å². The highest BCUT2D eigenvalue weighted by atomic mass is 16.7. The van der Waals surface area contributed by atoms with E-state index in [1.807, 2.05) is 12.1 Å². The van der Waals surface area contributed by atoms with Crippen LogP contribution in [-0.2, 0) is 14.3 Å². The van der Waals surface area contributed by atoms with E-state index >= 15 is 0 Å². The van der Waals surface area contributed by atoms with E-state index in [0.717, 1.165) is 5.39 Å². The summed E-state index contributed by atoms with van der Waals surface area (Å²) in [5.41, 5.74) is 0.123. The maximum atomic E-state index is 12.3. The van der Waals surface area contributed by atoms with Gasteiger partial charge in [0, 0.05) is 12.3 Å². The Labute approximate surface area is 166 Å². The monoisotopic (exact) mass is 405 g/mol. The van der Waals surface area contributed by atoms with E-state index in [0.29, 0.717) is 5.39 Å². The molecule has 1 aliphatic rings. The van der Waals surface area contributed by atoms with E-state index in [1.165, 1.54) is 20.1 Å². The molecule has 0 unspecified atom stereocenters. The summed E-state index contributed by atoms with van der Waals surface area (Å²) < 4.78 is 16.4. The zero-order valence-electron chi connectivity index (χ0n) is 15.9. The van der Waals surface area contributed by atoms with Crippen molar-refractivity contribution in [3.63, 3.8) is 0 Å². The van der Waals surface area contributed by atoms with Gasteiger partial charge in [-0.15, -0.1) is 0 Å². The second-order valence-corrected chi connectivity index (χ2v) is 6.71. The Kier molecular flexibility index (Phi) is 6.33. The SMILES string of the molecule is COC(=O)c1ccc2ccccc2c1O[C@H]1O[C@@H](CO)[C@@H](O)[C@@H](O)[C@H]1NC(C)=O. The molecule has 2 aromatic rings. The van der Waals surface area contributed by atoms with E-state index in [9.17, 15) is 24.9 Å². The van der Waals surface area contributed by atoms with Gasteiger partial charge in [0.2, 0.25) is 12.2 Å². The Morgan fingerprint density at radius 3 is 2.52 bits per heavy atom. The average Bonchev–Trinajstić information content (AvgIpc) is 2.72. The molecule has 3 rings (SSSR count). The van der Waals surface area contributed by atoms with E-state index in [2.05, 4.69) is 5.32 Å². The number of rotatable bonds is 5. The summed E-state index contributed by atoms with van der Waals surface area (Å²) in [7, 11) is 1.24. The molecule has 0 saturated carbocycles. The van der Waals surface area contributed by atoms with Crippen LogP contribution in [0.4, 0.5) is 0 Å². The minimum absolute atomic E-state index is 0.123. The lowest BCUT2D eigenvalue weighted by Gasteiger charge is -2.42. The van der Waals surface area contributed by atoms with Crippen molar-refractivity contribution >= 4 is 22.6 Å². The number of esters is 1. The molecule has 5 atom stereocenters. The number of amides is 1. The van der Waals surface area contributed by atoms with Crippen molar-refractivity contribution in [3.8, 4) is 5.75 Å². The zero-order valence-corrected chi connectivity index (χ0v) is 15.9. The lowest BCUT2D eigenvalue weighted by Crippen LogP contribution is -2.65. The molecule has 0 bridgehead atoms. The number of benzene rings is 2. The summed E-state index contributed by atoms with van der Waals surface area (Å²) >= 11 is 0. The first-order valence-electron chi connectivity index (χ1n) is 9.03. The van der Waals surface area contributed by atoms with Crippen molar-refractivity contribution in [1.29, 1.82) is 0 Å². The molecule has 1 saturated heterocycles. The third-order valence-electron chi connectivity index (χ3n) is 4.77. The second kappa shape index (κ2) is 8.75. The molecular formula is C20H23NO8. The van der Waals surface area contributed by atoms with Gasteiger partial charge in [0.15, 0.2) is 0 Å². The Hall–Kier alpha value is -2.72. The Balaban J connectivity index is 2.06. The fourth-order valence-corrected chi connectivity index (χ4v) is 3.33. The number of aliphatic hydroxyl groups excluding tert-OH is 3. The van der Waals surface area contributed by atoms with Gasteiger partial charge in [-0.25, -0.2) is 4.79 Å². The van der Waals surface area contributed by atoms with E-state index in [1.54, 1.807) is 18.2 Å². The number of carbonyl (C=O) groups is 2. The minimum atomic E-state index is -1.47. The molecule has 9 heteroatoms. The summed E-state index contributed by atoms with van der Waals surface area (Å²) in [4.78, 5) is 23.9. The smallest absolute Gasteiger partial charge is 0.341 e. The van der Waals surface area contributed by atoms with Crippen LogP contribution in [0.1, 0.15) is 17.3 Å². The fraction of sp³-hybridized carbons (Fsp3) is 0.400. The molecule has 1 aliphatic heterocycles. The van der Waals surface area contributed by atoms with Crippen molar-refractivity contribution in [2.45, 2.75) is 37.6 Å². The predicted octanol–water partition coefficient (Wildman–Crippen LogP) is -0.0511. The van der Waals surface area contributed by atoms with Gasteiger partial charge in [-0.05, 0) is 11.5 Å². The molecule has 0 spiro atoms. The normalized spacial score (nSPS) is 26.7. The van der Waals surface area contributed by atoms with Crippen LogP contribution in [0, 0.1) is 0 Å². The van der Waals surface area contributed by atoms with Crippen LogP contribution in [0.15, 0.2) is 36.4 Å². The maximum absolute atomic E-state index is 12.3. The second-order valence-electron chi connectivity index (χ2n) is 6.71. The van der Waals surface area contributed by atoms with Crippen LogP contribution in [0.2, 0.25) is 0 Å². The number of hydrogen-bond acceptors (Lipinski definition) is 8. The number of ether oxygens (including phenoxy) is 3.